The van der Waals surface area contributed by atoms with Crippen molar-refractivity contribution in [3.63, 3.8) is 0 Å². The van der Waals surface area contributed by atoms with Gasteiger partial charge in [0.05, 0.1) is 6.10 Å². The van der Waals surface area contributed by atoms with Crippen molar-refractivity contribution in [2.75, 3.05) is 13.1 Å². The Morgan fingerprint density at radius 3 is 2.47 bits per heavy atom. The minimum absolute atomic E-state index is 0.0723. The molecule has 0 aromatic rings. The van der Waals surface area contributed by atoms with Crippen LogP contribution in [0.25, 0.3) is 0 Å². The van der Waals surface area contributed by atoms with Gasteiger partial charge in [-0.15, -0.1) is 0 Å². The third-order valence-electron chi connectivity index (χ3n) is 3.23. The third kappa shape index (κ3) is 2.92. The summed E-state index contributed by atoms with van der Waals surface area (Å²) in [6, 6.07) is -0.466. The van der Waals surface area contributed by atoms with Gasteiger partial charge in [-0.25, -0.2) is 0 Å². The molecule has 1 rings (SSSR count). The fraction of sp³-hybridized carbons (Fsp3) is 0.909. The Kier molecular flexibility index (Phi) is 4.11. The van der Waals surface area contributed by atoms with Gasteiger partial charge in [-0.05, 0) is 24.8 Å². The summed E-state index contributed by atoms with van der Waals surface area (Å²) in [6.07, 6.45) is 0.483. The highest BCUT2D eigenvalue weighted by Gasteiger charge is 2.34. The van der Waals surface area contributed by atoms with Gasteiger partial charge in [0.25, 0.3) is 0 Å². The zero-order valence-electron chi connectivity index (χ0n) is 9.68. The topological polar surface area (TPSA) is 60.8 Å². The molecule has 4 heteroatoms. The average molecular weight is 215 g/mol. The summed E-state index contributed by atoms with van der Waals surface area (Å²) in [5, 5.41) is 18.9. The molecule has 1 saturated heterocycles. The maximum Gasteiger partial charge on any atom is 0.321 e. The Bertz CT molecular complexity index is 230. The second kappa shape index (κ2) is 4.94. The number of aliphatic hydroxyl groups is 1. The molecule has 15 heavy (non-hydrogen) atoms. The molecule has 3 atom stereocenters. The number of rotatable bonds is 3. The van der Waals surface area contributed by atoms with E-state index in [1.807, 2.05) is 25.7 Å². The van der Waals surface area contributed by atoms with Gasteiger partial charge < -0.3 is 10.2 Å². The lowest BCUT2D eigenvalue weighted by atomic mass is 9.92. The fourth-order valence-electron chi connectivity index (χ4n) is 2.19. The number of aliphatic carboxylic acids is 1. The predicted octanol–water partition coefficient (Wildman–Crippen LogP) is 0.798. The Labute approximate surface area is 90.9 Å². The van der Waals surface area contributed by atoms with Crippen LogP contribution < -0.4 is 0 Å². The number of hydrogen-bond acceptors (Lipinski definition) is 3. The van der Waals surface area contributed by atoms with E-state index < -0.39 is 12.0 Å². The third-order valence-corrected chi connectivity index (χ3v) is 3.23. The summed E-state index contributed by atoms with van der Waals surface area (Å²) in [4.78, 5) is 13.0. The Balaban J connectivity index is 2.66. The number of aliphatic hydroxyl groups excluding tert-OH is 1. The number of β-amino-alcohol motifs (C(OH)–C–C–N with tert-alkyl or cyclic N) is 1. The van der Waals surface area contributed by atoms with E-state index in [1.165, 1.54) is 0 Å². The van der Waals surface area contributed by atoms with Gasteiger partial charge in [-0.3, -0.25) is 9.69 Å². The second-order valence-electron chi connectivity index (χ2n) is 4.86. The van der Waals surface area contributed by atoms with Gasteiger partial charge in [0.15, 0.2) is 0 Å². The molecule has 1 aliphatic rings. The SMILES string of the molecule is CC(C)C(C(=O)O)N1CCC(C)C(O)C1. The van der Waals surface area contributed by atoms with Crippen molar-refractivity contribution in [3.05, 3.63) is 0 Å². The number of carboxylic acid groups (broad SMARTS) is 1. The van der Waals surface area contributed by atoms with Crippen LogP contribution in [0.2, 0.25) is 0 Å². The highest BCUT2D eigenvalue weighted by molar-refractivity contribution is 5.73. The monoisotopic (exact) mass is 215 g/mol. The quantitative estimate of drug-likeness (QED) is 0.731. The van der Waals surface area contributed by atoms with E-state index in [4.69, 9.17) is 5.11 Å². The zero-order chi connectivity index (χ0) is 11.6. The van der Waals surface area contributed by atoms with Crippen LogP contribution in [0.5, 0.6) is 0 Å². The standard InChI is InChI=1S/C11H21NO3/c1-7(2)10(11(14)15)12-5-4-8(3)9(13)6-12/h7-10,13H,4-6H2,1-3H3,(H,14,15). The van der Waals surface area contributed by atoms with Crippen molar-refractivity contribution in [1.29, 1.82) is 0 Å². The molecule has 2 N–H and O–H groups in total. The van der Waals surface area contributed by atoms with E-state index in [-0.39, 0.29) is 17.9 Å². The summed E-state index contributed by atoms with van der Waals surface area (Å²) in [5.41, 5.74) is 0. The summed E-state index contributed by atoms with van der Waals surface area (Å²) < 4.78 is 0. The number of carbonyl (C=O) groups is 1. The Morgan fingerprint density at radius 1 is 1.47 bits per heavy atom. The normalized spacial score (nSPS) is 30.5. The van der Waals surface area contributed by atoms with Crippen LogP contribution in [0.4, 0.5) is 0 Å². The summed E-state index contributed by atoms with van der Waals surface area (Å²) in [6.45, 7) is 7.07. The maximum absolute atomic E-state index is 11.1. The van der Waals surface area contributed by atoms with E-state index in [2.05, 4.69) is 0 Å². The minimum atomic E-state index is -0.785. The molecule has 1 fully saturated rings. The van der Waals surface area contributed by atoms with Crippen LogP contribution in [0.3, 0.4) is 0 Å². The molecule has 88 valence electrons. The first-order chi connectivity index (χ1) is 6.93. The van der Waals surface area contributed by atoms with Gasteiger partial charge in [-0.1, -0.05) is 20.8 Å². The number of carboxylic acids is 1. The van der Waals surface area contributed by atoms with Crippen LogP contribution >= 0.6 is 0 Å². The Morgan fingerprint density at radius 2 is 2.07 bits per heavy atom. The number of piperidine rings is 1. The van der Waals surface area contributed by atoms with Crippen molar-refractivity contribution in [3.8, 4) is 0 Å². The van der Waals surface area contributed by atoms with E-state index in [1.54, 1.807) is 0 Å². The van der Waals surface area contributed by atoms with Crippen LogP contribution in [0.1, 0.15) is 27.2 Å². The van der Waals surface area contributed by atoms with Gasteiger partial charge in [0.1, 0.15) is 6.04 Å². The molecule has 0 spiro atoms. The van der Waals surface area contributed by atoms with E-state index in [0.717, 1.165) is 13.0 Å². The lowest BCUT2D eigenvalue weighted by Crippen LogP contribution is -2.52. The molecule has 0 saturated carbocycles. The zero-order valence-corrected chi connectivity index (χ0v) is 9.68. The van der Waals surface area contributed by atoms with E-state index in [0.29, 0.717) is 6.54 Å². The number of likely N-dealkylation sites (tertiary alicyclic amines) is 1. The molecule has 3 unspecified atom stereocenters. The van der Waals surface area contributed by atoms with Gasteiger partial charge in [0.2, 0.25) is 0 Å². The molecule has 4 nitrogen and oxygen atoms in total. The molecular formula is C11H21NO3. The molecule has 0 aromatic heterocycles. The smallest absolute Gasteiger partial charge is 0.321 e. The van der Waals surface area contributed by atoms with Crippen LogP contribution in [0, 0.1) is 11.8 Å². The lowest BCUT2D eigenvalue weighted by Gasteiger charge is -2.39. The largest absolute Gasteiger partial charge is 0.480 e. The average Bonchev–Trinajstić information content (AvgIpc) is 2.10. The lowest BCUT2D eigenvalue weighted by molar-refractivity contribution is -0.147. The summed E-state index contributed by atoms with van der Waals surface area (Å²) >= 11 is 0. The predicted molar refractivity (Wildman–Crippen MR) is 57.6 cm³/mol. The molecule has 0 aliphatic carbocycles. The van der Waals surface area contributed by atoms with Crippen molar-refractivity contribution < 1.29 is 15.0 Å². The molecule has 1 aliphatic heterocycles. The van der Waals surface area contributed by atoms with E-state index in [9.17, 15) is 9.90 Å². The fourth-order valence-corrected chi connectivity index (χ4v) is 2.19. The van der Waals surface area contributed by atoms with Crippen LogP contribution in [0.15, 0.2) is 0 Å². The first-order valence-electron chi connectivity index (χ1n) is 5.58. The van der Waals surface area contributed by atoms with E-state index >= 15 is 0 Å². The summed E-state index contributed by atoms with van der Waals surface area (Å²) in [7, 11) is 0. The van der Waals surface area contributed by atoms with Crippen molar-refractivity contribution in [2.45, 2.75) is 39.3 Å². The highest BCUT2D eigenvalue weighted by Crippen LogP contribution is 2.21. The van der Waals surface area contributed by atoms with Crippen molar-refractivity contribution >= 4 is 5.97 Å². The maximum atomic E-state index is 11.1. The second-order valence-corrected chi connectivity index (χ2v) is 4.86. The van der Waals surface area contributed by atoms with Gasteiger partial charge in [0, 0.05) is 6.54 Å². The number of nitrogens with zero attached hydrogens (tertiary/aromatic N) is 1. The first kappa shape index (κ1) is 12.5. The molecule has 0 bridgehead atoms. The van der Waals surface area contributed by atoms with Crippen LogP contribution in [-0.4, -0.2) is 46.3 Å². The summed E-state index contributed by atoms with van der Waals surface area (Å²) in [5.74, 6) is -0.433. The number of hydrogen-bond donors (Lipinski definition) is 2. The van der Waals surface area contributed by atoms with Gasteiger partial charge in [-0.2, -0.15) is 0 Å². The molecular weight excluding hydrogens is 194 g/mol. The minimum Gasteiger partial charge on any atom is -0.480 e. The molecule has 0 amide bonds. The molecule has 0 radical (unpaired) electrons. The van der Waals surface area contributed by atoms with Gasteiger partial charge >= 0.3 is 5.97 Å². The highest BCUT2D eigenvalue weighted by atomic mass is 16.4. The first-order valence-corrected chi connectivity index (χ1v) is 5.58. The van der Waals surface area contributed by atoms with Crippen LogP contribution in [-0.2, 0) is 4.79 Å². The molecule has 0 aromatic carbocycles. The van der Waals surface area contributed by atoms with Crippen molar-refractivity contribution in [1.82, 2.24) is 4.90 Å². The molecule has 1 heterocycles. The Hall–Kier alpha value is -0.610. The van der Waals surface area contributed by atoms with Crippen molar-refractivity contribution in [2.24, 2.45) is 11.8 Å².